The van der Waals surface area contributed by atoms with Gasteiger partial charge in [0.2, 0.25) is 0 Å². The SMILES string of the molecule is Cc1nc(-c2ccsc2)sc1C(=O)N1CCC(CN2CC(C)OC(C)C2)CC1. The van der Waals surface area contributed by atoms with Gasteiger partial charge in [-0.1, -0.05) is 0 Å². The first-order valence-electron chi connectivity index (χ1n) is 10.2. The number of piperidine rings is 1. The van der Waals surface area contributed by atoms with Crippen LogP contribution in [0.2, 0.25) is 0 Å². The van der Waals surface area contributed by atoms with Crippen LogP contribution in [0.4, 0.5) is 0 Å². The second kappa shape index (κ2) is 8.61. The summed E-state index contributed by atoms with van der Waals surface area (Å²) in [7, 11) is 0. The van der Waals surface area contributed by atoms with E-state index in [4.69, 9.17) is 4.74 Å². The highest BCUT2D eigenvalue weighted by molar-refractivity contribution is 7.17. The highest BCUT2D eigenvalue weighted by Gasteiger charge is 2.29. The molecule has 0 N–H and O–H groups in total. The van der Waals surface area contributed by atoms with Gasteiger partial charge in [-0.2, -0.15) is 11.3 Å². The largest absolute Gasteiger partial charge is 0.373 e. The number of thiophene rings is 1. The van der Waals surface area contributed by atoms with Crippen LogP contribution < -0.4 is 0 Å². The number of hydrogen-bond acceptors (Lipinski definition) is 6. The normalized spacial score (nSPS) is 24.6. The van der Waals surface area contributed by atoms with Crippen molar-refractivity contribution in [3.8, 4) is 10.6 Å². The summed E-state index contributed by atoms with van der Waals surface area (Å²) in [6.07, 6.45) is 2.80. The van der Waals surface area contributed by atoms with Crippen LogP contribution in [0.3, 0.4) is 0 Å². The van der Waals surface area contributed by atoms with E-state index in [0.29, 0.717) is 18.1 Å². The van der Waals surface area contributed by atoms with Gasteiger partial charge in [-0.25, -0.2) is 4.98 Å². The molecule has 0 bridgehead atoms. The maximum atomic E-state index is 13.1. The monoisotopic (exact) mass is 419 g/mol. The van der Waals surface area contributed by atoms with E-state index in [-0.39, 0.29) is 5.91 Å². The summed E-state index contributed by atoms with van der Waals surface area (Å²) in [4.78, 5) is 23.1. The minimum atomic E-state index is 0.156. The van der Waals surface area contributed by atoms with E-state index in [9.17, 15) is 4.79 Å². The van der Waals surface area contributed by atoms with Crippen molar-refractivity contribution >= 4 is 28.6 Å². The number of nitrogens with zero attached hydrogens (tertiary/aromatic N) is 3. The summed E-state index contributed by atoms with van der Waals surface area (Å²) in [5, 5.41) is 5.09. The molecule has 4 rings (SSSR count). The van der Waals surface area contributed by atoms with Gasteiger partial charge in [0.05, 0.1) is 17.9 Å². The number of likely N-dealkylation sites (tertiary alicyclic amines) is 1. The van der Waals surface area contributed by atoms with Gasteiger partial charge >= 0.3 is 0 Å². The summed E-state index contributed by atoms with van der Waals surface area (Å²) in [5.74, 6) is 0.828. The highest BCUT2D eigenvalue weighted by atomic mass is 32.1. The molecule has 2 fully saturated rings. The summed E-state index contributed by atoms with van der Waals surface area (Å²) in [5.41, 5.74) is 1.97. The molecule has 0 aliphatic carbocycles. The molecule has 0 aromatic carbocycles. The zero-order valence-electron chi connectivity index (χ0n) is 16.9. The van der Waals surface area contributed by atoms with Gasteiger partial charge in [0.25, 0.3) is 5.91 Å². The van der Waals surface area contributed by atoms with Crippen molar-refractivity contribution in [2.45, 2.75) is 45.8 Å². The molecule has 2 atom stereocenters. The van der Waals surface area contributed by atoms with Crippen molar-refractivity contribution in [2.75, 3.05) is 32.7 Å². The first-order valence-corrected chi connectivity index (χ1v) is 11.9. The fraction of sp³-hybridized carbons (Fsp3) is 0.619. The van der Waals surface area contributed by atoms with Crippen molar-refractivity contribution in [3.63, 3.8) is 0 Å². The van der Waals surface area contributed by atoms with Gasteiger partial charge < -0.3 is 9.64 Å². The molecule has 5 nitrogen and oxygen atoms in total. The minimum absolute atomic E-state index is 0.156. The van der Waals surface area contributed by atoms with Gasteiger partial charge in [-0.15, -0.1) is 11.3 Å². The van der Waals surface area contributed by atoms with Crippen molar-refractivity contribution in [2.24, 2.45) is 5.92 Å². The third kappa shape index (κ3) is 4.48. The van der Waals surface area contributed by atoms with Crippen LogP contribution in [0.25, 0.3) is 10.6 Å². The lowest BCUT2D eigenvalue weighted by Crippen LogP contribution is -2.48. The van der Waals surface area contributed by atoms with E-state index in [2.05, 4.69) is 35.2 Å². The lowest BCUT2D eigenvalue weighted by atomic mass is 9.95. The second-order valence-corrected chi connectivity index (χ2v) is 9.94. The third-order valence-corrected chi connectivity index (χ3v) is 7.55. The predicted octanol–water partition coefficient (Wildman–Crippen LogP) is 4.14. The fourth-order valence-corrected chi connectivity index (χ4v) is 6.11. The lowest BCUT2D eigenvalue weighted by molar-refractivity contribution is -0.0728. The van der Waals surface area contributed by atoms with E-state index in [1.54, 1.807) is 11.3 Å². The summed E-state index contributed by atoms with van der Waals surface area (Å²) >= 11 is 3.19. The Morgan fingerprint density at radius 2 is 1.96 bits per heavy atom. The molecule has 28 heavy (non-hydrogen) atoms. The van der Waals surface area contributed by atoms with Gasteiger partial charge in [-0.05, 0) is 51.0 Å². The van der Waals surface area contributed by atoms with Crippen molar-refractivity contribution < 1.29 is 9.53 Å². The number of thiazole rings is 1. The lowest BCUT2D eigenvalue weighted by Gasteiger charge is -2.39. The van der Waals surface area contributed by atoms with Crippen LogP contribution >= 0.6 is 22.7 Å². The quantitative estimate of drug-likeness (QED) is 0.747. The maximum Gasteiger partial charge on any atom is 0.265 e. The molecule has 0 radical (unpaired) electrons. The molecule has 4 heterocycles. The van der Waals surface area contributed by atoms with Gasteiger partial charge in [0.1, 0.15) is 9.88 Å². The summed E-state index contributed by atoms with van der Waals surface area (Å²) in [6.45, 7) is 11.1. The molecule has 0 saturated carbocycles. The van der Waals surface area contributed by atoms with Crippen LogP contribution in [-0.2, 0) is 4.74 Å². The number of hydrogen-bond donors (Lipinski definition) is 0. The molecule has 2 aliphatic heterocycles. The minimum Gasteiger partial charge on any atom is -0.373 e. The van der Waals surface area contributed by atoms with Crippen molar-refractivity contribution in [1.82, 2.24) is 14.8 Å². The van der Waals surface area contributed by atoms with Crippen LogP contribution in [0.15, 0.2) is 16.8 Å². The first kappa shape index (κ1) is 20.0. The second-order valence-electron chi connectivity index (χ2n) is 8.16. The standard InChI is InChI=1S/C21H29N3O2S2/c1-14-10-23(11-15(2)26-14)12-17-4-7-24(8-5-17)21(25)19-16(3)22-20(28-19)18-6-9-27-13-18/h6,9,13-15,17H,4-5,7-8,10-12H2,1-3H3. The Kier molecular flexibility index (Phi) is 6.16. The molecule has 2 aliphatic rings. The molecule has 0 spiro atoms. The molecule has 2 saturated heterocycles. The number of aromatic nitrogens is 1. The van der Waals surface area contributed by atoms with E-state index >= 15 is 0 Å². The molecular formula is C21H29N3O2S2. The highest BCUT2D eigenvalue weighted by Crippen LogP contribution is 2.31. The molecule has 2 aromatic rings. The number of ether oxygens (including phenoxy) is 1. The van der Waals surface area contributed by atoms with Gasteiger partial charge in [-0.3, -0.25) is 9.69 Å². The Labute approximate surface area is 175 Å². The zero-order valence-corrected chi connectivity index (χ0v) is 18.5. The maximum absolute atomic E-state index is 13.1. The number of amides is 1. The summed E-state index contributed by atoms with van der Waals surface area (Å²) in [6, 6.07) is 2.07. The Bertz CT molecular complexity index is 787. The Morgan fingerprint density at radius 3 is 2.61 bits per heavy atom. The number of aryl methyl sites for hydroxylation is 1. The summed E-state index contributed by atoms with van der Waals surface area (Å²) < 4.78 is 5.84. The molecule has 152 valence electrons. The van der Waals surface area contributed by atoms with Crippen molar-refractivity contribution in [1.29, 1.82) is 0 Å². The third-order valence-electron chi connectivity index (χ3n) is 5.67. The average Bonchev–Trinajstić information content (AvgIpc) is 3.30. The first-order chi connectivity index (χ1) is 13.5. The molecule has 7 heteroatoms. The average molecular weight is 420 g/mol. The number of morpholine rings is 1. The van der Waals surface area contributed by atoms with Crippen molar-refractivity contribution in [3.05, 3.63) is 27.4 Å². The Balaban J connectivity index is 1.33. The van der Waals surface area contributed by atoms with E-state index < -0.39 is 0 Å². The van der Waals surface area contributed by atoms with Crippen LogP contribution in [0.1, 0.15) is 42.1 Å². The van der Waals surface area contributed by atoms with Crippen LogP contribution in [0, 0.1) is 12.8 Å². The predicted molar refractivity (Wildman–Crippen MR) is 115 cm³/mol. The van der Waals surface area contributed by atoms with Crippen LogP contribution in [-0.4, -0.2) is 65.6 Å². The van der Waals surface area contributed by atoms with Gasteiger partial charge in [0, 0.05) is 43.7 Å². The van der Waals surface area contributed by atoms with Gasteiger partial charge in [0.15, 0.2) is 0 Å². The van der Waals surface area contributed by atoms with Crippen LogP contribution in [0.5, 0.6) is 0 Å². The topological polar surface area (TPSA) is 45.7 Å². The molecule has 1 amide bonds. The van der Waals surface area contributed by atoms with E-state index in [1.165, 1.54) is 11.3 Å². The fourth-order valence-electron chi connectivity index (χ4n) is 4.37. The zero-order chi connectivity index (χ0) is 19.7. The van der Waals surface area contributed by atoms with E-state index in [0.717, 1.165) is 66.7 Å². The number of carbonyl (C=O) groups excluding carboxylic acids is 1. The number of rotatable bonds is 4. The molecule has 2 aromatic heterocycles. The smallest absolute Gasteiger partial charge is 0.265 e. The Morgan fingerprint density at radius 1 is 1.25 bits per heavy atom. The number of carbonyl (C=O) groups is 1. The van der Waals surface area contributed by atoms with E-state index in [1.807, 2.05) is 17.2 Å². The molecular weight excluding hydrogens is 390 g/mol. The molecule has 2 unspecified atom stereocenters. The Hall–Kier alpha value is -1.28.